The van der Waals surface area contributed by atoms with E-state index in [9.17, 15) is 18.0 Å². The van der Waals surface area contributed by atoms with Crippen LogP contribution in [0.15, 0.2) is 78.9 Å². The second-order valence-electron chi connectivity index (χ2n) is 7.98. The van der Waals surface area contributed by atoms with Gasteiger partial charge in [0.2, 0.25) is 0 Å². The molecule has 9 heteroatoms. The van der Waals surface area contributed by atoms with Crippen LogP contribution in [0.5, 0.6) is 11.5 Å². The summed E-state index contributed by atoms with van der Waals surface area (Å²) in [5, 5.41) is 6.36. The average molecular weight is 479 g/mol. The number of halogens is 3. The van der Waals surface area contributed by atoms with Gasteiger partial charge in [0.25, 0.3) is 5.91 Å². The number of para-hydroxylation sites is 3. The van der Waals surface area contributed by atoms with Gasteiger partial charge in [-0.2, -0.15) is 13.2 Å². The van der Waals surface area contributed by atoms with Gasteiger partial charge in [0.1, 0.15) is 18.5 Å². The number of amides is 1. The van der Waals surface area contributed by atoms with Gasteiger partial charge in [-0.3, -0.25) is 4.79 Å². The van der Waals surface area contributed by atoms with E-state index in [0.29, 0.717) is 28.0 Å². The van der Waals surface area contributed by atoms with Crippen LogP contribution in [0.2, 0.25) is 0 Å². The number of anilines is 2. The molecular weight excluding hydrogens is 459 g/mol. The molecule has 6 nitrogen and oxygen atoms in total. The maximum absolute atomic E-state index is 13.1. The molecule has 2 N–H and O–H groups in total. The summed E-state index contributed by atoms with van der Waals surface area (Å²) in [6.45, 7) is 0.497. The number of ether oxygens (including phenoxy) is 2. The summed E-state index contributed by atoms with van der Waals surface area (Å²) < 4.78 is 50.8. The van der Waals surface area contributed by atoms with Gasteiger partial charge in [-0.25, -0.2) is 4.98 Å². The molecule has 0 radical (unpaired) electrons. The minimum absolute atomic E-state index is 0.209. The Balaban J connectivity index is 1.36. The Labute approximate surface area is 198 Å². The molecule has 1 aliphatic heterocycles. The maximum atomic E-state index is 13.1. The first-order chi connectivity index (χ1) is 16.9. The number of alkyl halides is 3. The third-order valence-corrected chi connectivity index (χ3v) is 5.48. The van der Waals surface area contributed by atoms with Crippen LogP contribution in [0.25, 0.3) is 10.9 Å². The first-order valence-electron chi connectivity index (χ1n) is 10.9. The quantitative estimate of drug-likeness (QED) is 0.392. The van der Waals surface area contributed by atoms with Crippen LogP contribution < -0.4 is 20.1 Å². The van der Waals surface area contributed by atoms with E-state index in [4.69, 9.17) is 9.47 Å². The van der Waals surface area contributed by atoms with Crippen molar-refractivity contribution in [2.24, 2.45) is 0 Å². The van der Waals surface area contributed by atoms with Crippen LogP contribution in [0.4, 0.5) is 24.7 Å². The molecule has 0 spiro atoms. The van der Waals surface area contributed by atoms with Crippen molar-refractivity contribution in [3.8, 4) is 11.5 Å². The van der Waals surface area contributed by atoms with Gasteiger partial charge in [-0.05, 0) is 42.5 Å². The predicted octanol–water partition coefficient (Wildman–Crippen LogP) is 5.57. The number of hydrogen-bond acceptors (Lipinski definition) is 5. The largest absolute Gasteiger partial charge is 0.486 e. The molecule has 35 heavy (non-hydrogen) atoms. The third-order valence-electron chi connectivity index (χ3n) is 5.48. The lowest BCUT2D eigenvalue weighted by Crippen LogP contribution is -2.40. The van der Waals surface area contributed by atoms with Crippen molar-refractivity contribution < 1.29 is 27.4 Å². The molecule has 1 unspecified atom stereocenters. The van der Waals surface area contributed by atoms with Crippen molar-refractivity contribution in [1.29, 1.82) is 0 Å². The molecule has 178 valence electrons. The van der Waals surface area contributed by atoms with E-state index in [1.54, 1.807) is 30.3 Å². The fraction of sp³-hybridized carbons (Fsp3) is 0.154. The summed E-state index contributed by atoms with van der Waals surface area (Å²) in [5.74, 6) is 1.15. The monoisotopic (exact) mass is 479 g/mol. The Hall–Kier alpha value is -4.27. The third kappa shape index (κ3) is 4.98. The molecule has 0 fully saturated rings. The average Bonchev–Trinajstić information content (AvgIpc) is 2.86. The van der Waals surface area contributed by atoms with Crippen LogP contribution in [0.3, 0.4) is 0 Å². The topological polar surface area (TPSA) is 72.5 Å². The highest BCUT2D eigenvalue weighted by atomic mass is 19.4. The number of carbonyl (C=O) groups excluding carboxylic acids is 1. The van der Waals surface area contributed by atoms with E-state index in [0.717, 1.165) is 12.1 Å². The van der Waals surface area contributed by atoms with Crippen molar-refractivity contribution in [3.63, 3.8) is 0 Å². The van der Waals surface area contributed by atoms with Gasteiger partial charge in [-0.15, -0.1) is 0 Å². The summed E-state index contributed by atoms with van der Waals surface area (Å²) in [5.41, 5.74) is 0.293. The molecule has 0 bridgehead atoms. The van der Waals surface area contributed by atoms with Crippen LogP contribution in [-0.4, -0.2) is 30.1 Å². The van der Waals surface area contributed by atoms with Gasteiger partial charge in [-0.1, -0.05) is 36.4 Å². The first kappa shape index (κ1) is 22.5. The van der Waals surface area contributed by atoms with Crippen molar-refractivity contribution in [1.82, 2.24) is 10.3 Å². The predicted molar refractivity (Wildman–Crippen MR) is 125 cm³/mol. The summed E-state index contributed by atoms with van der Waals surface area (Å²) in [4.78, 5) is 17.6. The molecule has 3 aromatic carbocycles. The lowest BCUT2D eigenvalue weighted by molar-refractivity contribution is -0.137. The number of carbonyl (C=O) groups is 1. The van der Waals surface area contributed by atoms with Crippen LogP contribution in [-0.2, 0) is 6.18 Å². The van der Waals surface area contributed by atoms with Crippen LogP contribution in [0.1, 0.15) is 15.9 Å². The van der Waals surface area contributed by atoms with E-state index < -0.39 is 11.7 Å². The molecule has 1 aliphatic rings. The Bertz CT molecular complexity index is 1390. The number of benzene rings is 3. The molecule has 5 rings (SSSR count). The zero-order valence-electron chi connectivity index (χ0n) is 18.3. The molecule has 0 saturated heterocycles. The SMILES string of the molecule is O=C(NCC1COc2ccccc2O1)c1cc(Nc2cccc(C(F)(F)F)c2)nc2ccccc12. The highest BCUT2D eigenvalue weighted by Crippen LogP contribution is 2.32. The van der Waals surface area contributed by atoms with Gasteiger partial charge in [0.15, 0.2) is 11.5 Å². The molecule has 1 atom stereocenters. The second kappa shape index (κ2) is 9.17. The Morgan fingerprint density at radius 2 is 1.74 bits per heavy atom. The van der Waals surface area contributed by atoms with Crippen molar-refractivity contribution >= 4 is 28.3 Å². The van der Waals surface area contributed by atoms with E-state index >= 15 is 0 Å². The Kier molecular flexibility index (Phi) is 5.90. The fourth-order valence-electron chi connectivity index (χ4n) is 3.81. The second-order valence-corrected chi connectivity index (χ2v) is 7.98. The zero-order chi connectivity index (χ0) is 24.4. The number of nitrogens with zero attached hydrogens (tertiary/aromatic N) is 1. The van der Waals surface area contributed by atoms with Gasteiger partial charge >= 0.3 is 6.18 Å². The molecule has 0 aliphatic carbocycles. The smallest absolute Gasteiger partial charge is 0.416 e. The minimum Gasteiger partial charge on any atom is -0.486 e. The van der Waals surface area contributed by atoms with Gasteiger partial charge in [0, 0.05) is 11.1 Å². The molecule has 1 amide bonds. The lowest BCUT2D eigenvalue weighted by Gasteiger charge is -2.26. The number of fused-ring (bicyclic) bond motifs is 2. The molecule has 1 aromatic heterocycles. The Morgan fingerprint density at radius 1 is 0.971 bits per heavy atom. The van der Waals surface area contributed by atoms with Gasteiger partial charge < -0.3 is 20.1 Å². The molecule has 2 heterocycles. The number of pyridine rings is 1. The Morgan fingerprint density at radius 3 is 2.57 bits per heavy atom. The highest BCUT2D eigenvalue weighted by molar-refractivity contribution is 6.07. The van der Waals surface area contributed by atoms with Gasteiger partial charge in [0.05, 0.1) is 23.2 Å². The summed E-state index contributed by atoms with van der Waals surface area (Å²) >= 11 is 0. The minimum atomic E-state index is -4.47. The van der Waals surface area contributed by atoms with Crippen LogP contribution in [0, 0.1) is 0 Å². The first-order valence-corrected chi connectivity index (χ1v) is 10.9. The van der Waals surface area contributed by atoms with E-state index in [2.05, 4.69) is 15.6 Å². The number of nitrogens with one attached hydrogen (secondary N) is 2. The number of aromatic nitrogens is 1. The highest BCUT2D eigenvalue weighted by Gasteiger charge is 2.30. The number of hydrogen-bond donors (Lipinski definition) is 2. The van der Waals surface area contributed by atoms with Crippen molar-refractivity contribution in [2.75, 3.05) is 18.5 Å². The lowest BCUT2D eigenvalue weighted by atomic mass is 10.1. The summed E-state index contributed by atoms with van der Waals surface area (Å²) in [6.07, 6.45) is -4.84. The molecule has 4 aromatic rings. The van der Waals surface area contributed by atoms with E-state index in [1.165, 1.54) is 18.2 Å². The molecule has 0 saturated carbocycles. The summed E-state index contributed by atoms with van der Waals surface area (Å²) in [6, 6.07) is 20.7. The fourth-order valence-corrected chi connectivity index (χ4v) is 3.81. The van der Waals surface area contributed by atoms with E-state index in [1.807, 2.05) is 18.2 Å². The molecular formula is C26H20F3N3O3. The normalized spacial score (nSPS) is 15.0. The van der Waals surface area contributed by atoms with Crippen LogP contribution >= 0.6 is 0 Å². The maximum Gasteiger partial charge on any atom is 0.416 e. The van der Waals surface area contributed by atoms with E-state index in [-0.39, 0.29) is 36.7 Å². The van der Waals surface area contributed by atoms with Crippen molar-refractivity contribution in [3.05, 3.63) is 90.0 Å². The van der Waals surface area contributed by atoms with Crippen molar-refractivity contribution in [2.45, 2.75) is 12.3 Å². The zero-order valence-corrected chi connectivity index (χ0v) is 18.3. The summed E-state index contributed by atoms with van der Waals surface area (Å²) in [7, 11) is 0. The standard InChI is InChI=1S/C26H20F3N3O3/c27-26(28,29)16-6-5-7-17(12-16)31-24-13-20(19-8-1-2-9-21(19)32-24)25(33)30-14-18-15-34-22-10-3-4-11-23(22)35-18/h1-13,18H,14-15H2,(H,30,33)(H,31,32). The number of rotatable bonds is 5.